The van der Waals surface area contributed by atoms with Crippen LogP contribution < -0.4 is 10.1 Å². The van der Waals surface area contributed by atoms with Crippen molar-refractivity contribution in [3.63, 3.8) is 0 Å². The van der Waals surface area contributed by atoms with Crippen molar-refractivity contribution in [1.82, 2.24) is 5.32 Å². The van der Waals surface area contributed by atoms with Crippen molar-refractivity contribution in [2.75, 3.05) is 0 Å². The molecular weight excluding hydrogens is 354 g/mol. The monoisotopic (exact) mass is 387 g/mol. The Labute approximate surface area is 167 Å². The number of benzene rings is 1. The van der Waals surface area contributed by atoms with Gasteiger partial charge in [-0.05, 0) is 43.4 Å². The van der Waals surface area contributed by atoms with Crippen LogP contribution in [0.1, 0.15) is 90.7 Å². The van der Waals surface area contributed by atoms with Gasteiger partial charge in [-0.2, -0.15) is 0 Å². The van der Waals surface area contributed by atoms with Gasteiger partial charge in [0, 0.05) is 12.8 Å². The number of phenols is 1. The second-order valence-corrected chi connectivity index (χ2v) is 9.74. The Hall–Kier alpha value is -2.04. The summed E-state index contributed by atoms with van der Waals surface area (Å²) in [7, 11) is 0. The molecule has 1 atom stereocenters. The van der Waals surface area contributed by atoms with E-state index >= 15 is 0 Å². The van der Waals surface area contributed by atoms with E-state index in [-0.39, 0.29) is 29.4 Å². The first-order valence-electron chi connectivity index (χ1n) is 10.4. The van der Waals surface area contributed by atoms with E-state index in [0.29, 0.717) is 17.7 Å². The Balaban J connectivity index is 2.02. The molecule has 1 saturated heterocycles. The highest BCUT2D eigenvalue weighted by molar-refractivity contribution is 6.10. The number of hydrogen-bond donors (Lipinski definition) is 2. The maximum atomic E-state index is 12.8. The fraction of sp³-hybridized carbons (Fsp3) is 0.652. The highest BCUT2D eigenvalue weighted by Gasteiger charge is 2.56. The maximum Gasteiger partial charge on any atom is 0.238 e. The molecule has 2 aliphatic rings. The lowest BCUT2D eigenvalue weighted by Crippen LogP contribution is -2.48. The van der Waals surface area contributed by atoms with Crippen molar-refractivity contribution < 1.29 is 19.4 Å². The highest BCUT2D eigenvalue weighted by atomic mass is 16.5. The van der Waals surface area contributed by atoms with Crippen LogP contribution in [-0.2, 0) is 20.4 Å². The van der Waals surface area contributed by atoms with Crippen LogP contribution >= 0.6 is 0 Å². The Kier molecular flexibility index (Phi) is 5.24. The molecule has 2 amide bonds. The van der Waals surface area contributed by atoms with Gasteiger partial charge < -0.3 is 9.84 Å². The second kappa shape index (κ2) is 7.09. The summed E-state index contributed by atoms with van der Waals surface area (Å²) in [6, 6.07) is 3.73. The molecule has 5 heteroatoms. The quantitative estimate of drug-likeness (QED) is 0.557. The van der Waals surface area contributed by atoms with Gasteiger partial charge in [0.15, 0.2) is 0 Å². The molecule has 1 aromatic rings. The summed E-state index contributed by atoms with van der Waals surface area (Å²) in [5.41, 5.74) is -0.321. The van der Waals surface area contributed by atoms with E-state index in [1.807, 2.05) is 19.9 Å². The van der Waals surface area contributed by atoms with E-state index < -0.39 is 11.0 Å². The van der Waals surface area contributed by atoms with Gasteiger partial charge >= 0.3 is 0 Å². The summed E-state index contributed by atoms with van der Waals surface area (Å²) in [5.74, 6) is -0.0578. The van der Waals surface area contributed by atoms with Crippen molar-refractivity contribution in [1.29, 1.82) is 0 Å². The third-order valence-electron chi connectivity index (χ3n) is 6.26. The number of carbonyl (C=O) groups excluding carboxylic acids is 2. The van der Waals surface area contributed by atoms with Crippen molar-refractivity contribution in [3.05, 3.63) is 23.3 Å². The van der Waals surface area contributed by atoms with E-state index in [4.69, 9.17) is 4.74 Å². The number of unbranched alkanes of at least 4 members (excludes halogenated alkanes) is 3. The molecular formula is C23H33NO4. The lowest BCUT2D eigenvalue weighted by molar-refractivity contribution is -0.128. The van der Waals surface area contributed by atoms with Crippen LogP contribution in [0, 0.1) is 0 Å². The van der Waals surface area contributed by atoms with Crippen LogP contribution in [0.2, 0.25) is 0 Å². The van der Waals surface area contributed by atoms with E-state index in [2.05, 4.69) is 26.1 Å². The second-order valence-electron chi connectivity index (χ2n) is 9.74. The Morgan fingerprint density at radius 3 is 2.50 bits per heavy atom. The third kappa shape index (κ3) is 3.63. The standard InChI is InChI=1S/C23H33NO4/c1-6-7-8-9-10-21(2,3)15-11-16(25)19-17(12-15)28-22(4,5)14-23(19)13-18(26)24-20(23)27/h11-12,25H,6-10,13-14H2,1-5H3,(H,24,26,27). The number of imide groups is 1. The van der Waals surface area contributed by atoms with Gasteiger partial charge in [-0.3, -0.25) is 14.9 Å². The average Bonchev–Trinajstić information content (AvgIpc) is 2.83. The fourth-order valence-corrected chi connectivity index (χ4v) is 4.83. The van der Waals surface area contributed by atoms with E-state index in [0.717, 1.165) is 18.4 Å². The van der Waals surface area contributed by atoms with Crippen LogP contribution in [0.15, 0.2) is 12.1 Å². The van der Waals surface area contributed by atoms with E-state index in [1.54, 1.807) is 6.07 Å². The molecule has 2 aliphatic heterocycles. The minimum atomic E-state index is -1.05. The summed E-state index contributed by atoms with van der Waals surface area (Å²) in [6.07, 6.45) is 6.19. The first kappa shape index (κ1) is 20.7. The van der Waals surface area contributed by atoms with Gasteiger partial charge in [0.1, 0.15) is 17.1 Å². The van der Waals surface area contributed by atoms with E-state index in [9.17, 15) is 14.7 Å². The lowest BCUT2D eigenvalue weighted by atomic mass is 9.68. The number of amides is 2. The largest absolute Gasteiger partial charge is 0.507 e. The molecule has 3 rings (SSSR count). The Morgan fingerprint density at radius 1 is 1.18 bits per heavy atom. The molecule has 0 saturated carbocycles. The van der Waals surface area contributed by atoms with Crippen LogP contribution in [0.25, 0.3) is 0 Å². The average molecular weight is 388 g/mol. The zero-order valence-corrected chi connectivity index (χ0v) is 17.8. The summed E-state index contributed by atoms with van der Waals surface area (Å²) in [5, 5.41) is 13.4. The number of aromatic hydroxyl groups is 1. The predicted octanol–water partition coefficient (Wildman–Crippen LogP) is 4.49. The van der Waals surface area contributed by atoms with Gasteiger partial charge in [0.05, 0.1) is 11.0 Å². The number of rotatable bonds is 6. The van der Waals surface area contributed by atoms with Crippen LogP contribution in [0.3, 0.4) is 0 Å². The third-order valence-corrected chi connectivity index (χ3v) is 6.26. The fourth-order valence-electron chi connectivity index (χ4n) is 4.83. The number of phenolic OH excluding ortho intramolecular Hbond substituents is 1. The number of nitrogens with one attached hydrogen (secondary N) is 1. The van der Waals surface area contributed by atoms with Crippen molar-refractivity contribution in [2.45, 2.75) is 96.0 Å². The van der Waals surface area contributed by atoms with Gasteiger partial charge in [-0.15, -0.1) is 0 Å². The van der Waals surface area contributed by atoms with E-state index in [1.165, 1.54) is 19.3 Å². The molecule has 1 aromatic carbocycles. The molecule has 28 heavy (non-hydrogen) atoms. The van der Waals surface area contributed by atoms with Crippen molar-refractivity contribution >= 4 is 11.8 Å². The Bertz CT molecular complexity index is 796. The molecule has 1 unspecified atom stereocenters. The molecule has 154 valence electrons. The van der Waals surface area contributed by atoms with Gasteiger partial charge in [0.2, 0.25) is 11.8 Å². The zero-order chi connectivity index (χ0) is 20.7. The lowest BCUT2D eigenvalue weighted by Gasteiger charge is -2.43. The summed E-state index contributed by atoms with van der Waals surface area (Å²) >= 11 is 0. The molecule has 2 heterocycles. The summed E-state index contributed by atoms with van der Waals surface area (Å²) in [4.78, 5) is 24.8. The minimum Gasteiger partial charge on any atom is -0.507 e. The van der Waals surface area contributed by atoms with Crippen LogP contribution in [0.4, 0.5) is 0 Å². The molecule has 0 bridgehead atoms. The van der Waals surface area contributed by atoms with Gasteiger partial charge in [-0.25, -0.2) is 0 Å². The molecule has 1 spiro atoms. The van der Waals surface area contributed by atoms with Crippen molar-refractivity contribution in [3.8, 4) is 11.5 Å². The summed E-state index contributed by atoms with van der Waals surface area (Å²) < 4.78 is 6.20. The zero-order valence-electron chi connectivity index (χ0n) is 17.8. The smallest absolute Gasteiger partial charge is 0.238 e. The molecule has 5 nitrogen and oxygen atoms in total. The van der Waals surface area contributed by atoms with Gasteiger partial charge in [-0.1, -0.05) is 46.5 Å². The molecule has 0 aromatic heterocycles. The first-order chi connectivity index (χ1) is 13.0. The molecule has 1 fully saturated rings. The number of hydrogen-bond acceptors (Lipinski definition) is 4. The molecule has 0 aliphatic carbocycles. The first-order valence-corrected chi connectivity index (χ1v) is 10.4. The van der Waals surface area contributed by atoms with Gasteiger partial charge in [0.25, 0.3) is 0 Å². The maximum absolute atomic E-state index is 12.8. The topological polar surface area (TPSA) is 75.6 Å². The molecule has 0 radical (unpaired) electrons. The van der Waals surface area contributed by atoms with Crippen LogP contribution in [-0.4, -0.2) is 22.5 Å². The summed E-state index contributed by atoms with van der Waals surface area (Å²) in [6.45, 7) is 10.4. The van der Waals surface area contributed by atoms with Crippen molar-refractivity contribution in [2.24, 2.45) is 0 Å². The normalized spacial score (nSPS) is 23.5. The molecule has 2 N–H and O–H groups in total. The number of carbonyl (C=O) groups is 2. The minimum absolute atomic E-state index is 0.0504. The predicted molar refractivity (Wildman–Crippen MR) is 109 cm³/mol. The SMILES string of the molecule is CCCCCCC(C)(C)c1cc(O)c2c(c1)OC(C)(C)CC21CC(=O)NC1=O. The van der Waals surface area contributed by atoms with Crippen LogP contribution in [0.5, 0.6) is 11.5 Å². The number of fused-ring (bicyclic) bond motifs is 2. The number of ether oxygens (including phenoxy) is 1. The Morgan fingerprint density at radius 2 is 1.89 bits per heavy atom. The highest BCUT2D eigenvalue weighted by Crippen LogP contribution is 2.53.